The monoisotopic (exact) mass is 179 g/mol. The Balaban J connectivity index is 3.09. The fourth-order valence-corrected chi connectivity index (χ4v) is 1.37. The zero-order valence-corrected chi connectivity index (χ0v) is 8.77. The smallest absolute Gasteiger partial charge is 0.123 e. The van der Waals surface area contributed by atoms with Gasteiger partial charge in [-0.3, -0.25) is 0 Å². The summed E-state index contributed by atoms with van der Waals surface area (Å²) in [5.74, 6) is 0.970. The minimum Gasteiger partial charge on any atom is -0.496 e. The van der Waals surface area contributed by atoms with E-state index in [0.29, 0.717) is 0 Å². The van der Waals surface area contributed by atoms with Gasteiger partial charge < -0.3 is 10.1 Å². The number of rotatable bonds is 3. The van der Waals surface area contributed by atoms with Crippen LogP contribution in [0.1, 0.15) is 16.7 Å². The molecule has 0 aliphatic heterocycles. The summed E-state index contributed by atoms with van der Waals surface area (Å²) in [6, 6.07) is 4.26. The van der Waals surface area contributed by atoms with Crippen LogP contribution < -0.4 is 10.1 Å². The normalized spacial score (nSPS) is 10.2. The molecule has 0 aromatic heterocycles. The van der Waals surface area contributed by atoms with Gasteiger partial charge in [0.2, 0.25) is 0 Å². The van der Waals surface area contributed by atoms with Crippen molar-refractivity contribution in [3.63, 3.8) is 0 Å². The van der Waals surface area contributed by atoms with Gasteiger partial charge in [0.15, 0.2) is 0 Å². The van der Waals surface area contributed by atoms with E-state index in [1.54, 1.807) is 7.11 Å². The average Bonchev–Trinajstić information content (AvgIpc) is 2.11. The van der Waals surface area contributed by atoms with Crippen molar-refractivity contribution in [2.75, 3.05) is 14.2 Å². The molecule has 13 heavy (non-hydrogen) atoms. The van der Waals surface area contributed by atoms with Gasteiger partial charge in [0, 0.05) is 12.1 Å². The molecule has 0 atom stereocenters. The van der Waals surface area contributed by atoms with Gasteiger partial charge in [-0.15, -0.1) is 0 Å². The van der Waals surface area contributed by atoms with Crippen LogP contribution in [0.3, 0.4) is 0 Å². The lowest BCUT2D eigenvalue weighted by atomic mass is 10.1. The molecule has 2 heteroatoms. The molecule has 1 rings (SSSR count). The first-order valence-corrected chi connectivity index (χ1v) is 4.47. The number of hydrogen-bond acceptors (Lipinski definition) is 2. The quantitative estimate of drug-likeness (QED) is 0.766. The summed E-state index contributed by atoms with van der Waals surface area (Å²) in [5.41, 5.74) is 3.80. The summed E-state index contributed by atoms with van der Waals surface area (Å²) in [6.07, 6.45) is 0. The molecule has 0 heterocycles. The molecular weight excluding hydrogens is 162 g/mol. The Hall–Kier alpha value is -1.02. The molecule has 0 bridgehead atoms. The molecule has 1 aromatic carbocycles. The van der Waals surface area contributed by atoms with Crippen LogP contribution in [-0.2, 0) is 6.54 Å². The van der Waals surface area contributed by atoms with Crippen molar-refractivity contribution >= 4 is 0 Å². The molecule has 0 saturated heterocycles. The summed E-state index contributed by atoms with van der Waals surface area (Å²) >= 11 is 0. The van der Waals surface area contributed by atoms with Crippen molar-refractivity contribution < 1.29 is 4.74 Å². The number of benzene rings is 1. The van der Waals surface area contributed by atoms with Crippen molar-refractivity contribution in [1.82, 2.24) is 5.32 Å². The second-order valence-electron chi connectivity index (χ2n) is 3.28. The summed E-state index contributed by atoms with van der Waals surface area (Å²) in [5, 5.41) is 3.13. The van der Waals surface area contributed by atoms with Gasteiger partial charge in [-0.1, -0.05) is 6.07 Å². The number of nitrogens with one attached hydrogen (secondary N) is 1. The minimum atomic E-state index is 0.851. The van der Waals surface area contributed by atoms with Gasteiger partial charge in [0.25, 0.3) is 0 Å². The summed E-state index contributed by atoms with van der Waals surface area (Å²) < 4.78 is 5.29. The van der Waals surface area contributed by atoms with E-state index < -0.39 is 0 Å². The van der Waals surface area contributed by atoms with Gasteiger partial charge in [-0.05, 0) is 38.1 Å². The third kappa shape index (κ3) is 2.22. The molecule has 72 valence electrons. The third-order valence-electron chi connectivity index (χ3n) is 2.26. The Morgan fingerprint density at radius 1 is 1.23 bits per heavy atom. The van der Waals surface area contributed by atoms with E-state index in [2.05, 4.69) is 31.3 Å². The Kier molecular flexibility index (Phi) is 3.32. The highest BCUT2D eigenvalue weighted by Crippen LogP contribution is 2.22. The first-order chi connectivity index (χ1) is 6.19. The van der Waals surface area contributed by atoms with E-state index in [1.165, 1.54) is 16.7 Å². The van der Waals surface area contributed by atoms with Gasteiger partial charge in [0.05, 0.1) is 7.11 Å². The van der Waals surface area contributed by atoms with Gasteiger partial charge in [-0.25, -0.2) is 0 Å². The second-order valence-corrected chi connectivity index (χ2v) is 3.28. The summed E-state index contributed by atoms with van der Waals surface area (Å²) in [6.45, 7) is 5.07. The topological polar surface area (TPSA) is 21.3 Å². The van der Waals surface area contributed by atoms with Crippen LogP contribution >= 0.6 is 0 Å². The zero-order chi connectivity index (χ0) is 9.84. The lowest BCUT2D eigenvalue weighted by Gasteiger charge is -2.11. The number of aryl methyl sites for hydroxylation is 2. The fourth-order valence-electron chi connectivity index (χ4n) is 1.37. The Labute approximate surface area is 79.9 Å². The molecule has 1 aromatic rings. The molecule has 1 N–H and O–H groups in total. The maximum Gasteiger partial charge on any atom is 0.123 e. The van der Waals surface area contributed by atoms with Crippen molar-refractivity contribution in [3.05, 3.63) is 28.8 Å². The molecule has 0 aliphatic carbocycles. The summed E-state index contributed by atoms with van der Waals surface area (Å²) in [4.78, 5) is 0. The summed E-state index contributed by atoms with van der Waals surface area (Å²) in [7, 11) is 3.65. The fraction of sp³-hybridized carbons (Fsp3) is 0.455. The number of methoxy groups -OCH3 is 1. The molecule has 0 saturated carbocycles. The first-order valence-electron chi connectivity index (χ1n) is 4.47. The maximum absolute atomic E-state index is 5.29. The van der Waals surface area contributed by atoms with Crippen LogP contribution in [0.4, 0.5) is 0 Å². The SMILES string of the molecule is CNCc1cc(C)c(C)cc1OC. The molecular formula is C11H17NO. The third-order valence-corrected chi connectivity index (χ3v) is 2.26. The molecule has 0 spiro atoms. The van der Waals surface area contributed by atoms with Crippen molar-refractivity contribution in [2.24, 2.45) is 0 Å². The highest BCUT2D eigenvalue weighted by atomic mass is 16.5. The van der Waals surface area contributed by atoms with E-state index in [4.69, 9.17) is 4.74 Å². The van der Waals surface area contributed by atoms with E-state index >= 15 is 0 Å². The molecule has 2 nitrogen and oxygen atoms in total. The van der Waals surface area contributed by atoms with Crippen LogP contribution in [0.2, 0.25) is 0 Å². The predicted molar refractivity (Wildman–Crippen MR) is 55.2 cm³/mol. The first kappa shape index (κ1) is 10.1. The zero-order valence-electron chi connectivity index (χ0n) is 8.77. The van der Waals surface area contributed by atoms with Crippen LogP contribution in [0, 0.1) is 13.8 Å². The van der Waals surface area contributed by atoms with Gasteiger partial charge in [0.1, 0.15) is 5.75 Å². The van der Waals surface area contributed by atoms with Crippen molar-refractivity contribution in [3.8, 4) is 5.75 Å². The Morgan fingerprint density at radius 3 is 2.38 bits per heavy atom. The molecule has 0 aliphatic rings. The van der Waals surface area contributed by atoms with E-state index in [9.17, 15) is 0 Å². The minimum absolute atomic E-state index is 0.851. The van der Waals surface area contributed by atoms with E-state index in [1.807, 2.05) is 7.05 Å². The highest BCUT2D eigenvalue weighted by Gasteiger charge is 2.04. The Bertz CT molecular complexity index is 294. The van der Waals surface area contributed by atoms with E-state index in [0.717, 1.165) is 12.3 Å². The number of hydrogen-bond donors (Lipinski definition) is 1. The second kappa shape index (κ2) is 4.28. The van der Waals surface area contributed by atoms with Gasteiger partial charge in [-0.2, -0.15) is 0 Å². The van der Waals surface area contributed by atoms with Crippen LogP contribution in [-0.4, -0.2) is 14.2 Å². The highest BCUT2D eigenvalue weighted by molar-refractivity contribution is 5.41. The Morgan fingerprint density at radius 2 is 1.85 bits per heavy atom. The van der Waals surface area contributed by atoms with Crippen molar-refractivity contribution in [2.45, 2.75) is 20.4 Å². The average molecular weight is 179 g/mol. The van der Waals surface area contributed by atoms with Crippen LogP contribution in [0.5, 0.6) is 5.75 Å². The molecule has 0 fully saturated rings. The van der Waals surface area contributed by atoms with Crippen LogP contribution in [0.25, 0.3) is 0 Å². The molecule has 0 radical (unpaired) electrons. The lowest BCUT2D eigenvalue weighted by molar-refractivity contribution is 0.408. The lowest BCUT2D eigenvalue weighted by Crippen LogP contribution is -2.07. The van der Waals surface area contributed by atoms with E-state index in [-0.39, 0.29) is 0 Å². The molecule has 0 amide bonds. The standard InChI is InChI=1S/C11H17NO/c1-8-5-10(7-12-3)11(13-4)6-9(8)2/h5-6,12H,7H2,1-4H3. The van der Waals surface area contributed by atoms with Crippen molar-refractivity contribution in [1.29, 1.82) is 0 Å². The number of ether oxygens (including phenoxy) is 1. The van der Waals surface area contributed by atoms with Crippen LogP contribution in [0.15, 0.2) is 12.1 Å². The molecule has 0 unspecified atom stereocenters. The largest absolute Gasteiger partial charge is 0.496 e. The maximum atomic E-state index is 5.29. The predicted octanol–water partition coefficient (Wildman–Crippen LogP) is 2.03. The van der Waals surface area contributed by atoms with Gasteiger partial charge >= 0.3 is 0 Å².